The van der Waals surface area contributed by atoms with Crippen LogP contribution in [-0.2, 0) is 50.5 Å². The minimum atomic E-state index is -2.95. The SMILES string of the molecule is CC1=Nc2c(cc(Br)cc2[N+](=O)[O-])C1.Cc1nc2c([N+](=O)[O-])cc(Br)cc2n1Cc1ccccc1.Cc1noc(C)c1Nc1cc(N)c2nc(C)n(Cc3ccccc3)c2c1.Cc1noc(C)c1Nc1cc([N+](=O)[O-])c2nc(C)n(Cc3ccccc3)c2c1.Cc1nocc1N.ClCc1ccccc1.O=S(=O)=S(=O)=O.[Na][Na]. The molecule has 0 atom stereocenters. The molecule has 0 aliphatic carbocycles. The van der Waals surface area contributed by atoms with Crippen LogP contribution >= 0.6 is 43.5 Å². The van der Waals surface area contributed by atoms with Gasteiger partial charge in [-0.15, -0.1) is 11.6 Å². The number of nitrogens with zero attached hydrogens (tertiary/aromatic N) is 13. The summed E-state index contributed by atoms with van der Waals surface area (Å²) in [5.74, 6) is 4.39. The molecule has 0 radical (unpaired) electrons. The molecule has 15 rings (SSSR count). The van der Waals surface area contributed by atoms with Gasteiger partial charge in [-0.3, -0.25) is 35.3 Å². The predicted molar refractivity (Wildman–Crippen MR) is 442 cm³/mol. The van der Waals surface area contributed by atoms with Gasteiger partial charge in [-0.05, 0) is 120 Å². The zero-order valence-corrected chi connectivity index (χ0v) is 72.1. The van der Waals surface area contributed by atoms with E-state index in [9.17, 15) is 30.3 Å². The van der Waals surface area contributed by atoms with Gasteiger partial charge in [0.2, 0.25) is 0 Å². The Labute approximate surface area is 694 Å². The van der Waals surface area contributed by atoms with Crippen LogP contribution in [-0.4, -0.2) is 125 Å². The number of hydrogen-bond acceptors (Lipinski definition) is 24. The molecule has 0 spiro atoms. The number of rotatable bonds is 14. The first-order valence-electron chi connectivity index (χ1n) is 34.2. The summed E-state index contributed by atoms with van der Waals surface area (Å²) in [6, 6.07) is 54.2. The first-order chi connectivity index (χ1) is 53.5. The number of benzene rings is 8. The molecule has 112 heavy (non-hydrogen) atoms. The number of aromatic nitrogens is 9. The van der Waals surface area contributed by atoms with E-state index >= 15 is 0 Å². The Bertz CT molecular complexity index is 5890. The number of imidazole rings is 3. The molecule has 0 amide bonds. The van der Waals surface area contributed by atoms with Crippen LogP contribution in [0, 0.1) is 85.7 Å². The fraction of sp³-hybridized carbons (Fsp3) is 0.187. The van der Waals surface area contributed by atoms with Crippen molar-refractivity contribution in [1.29, 1.82) is 0 Å². The fourth-order valence-electron chi connectivity index (χ4n) is 11.3. The van der Waals surface area contributed by atoms with Crippen molar-refractivity contribution in [3.8, 4) is 0 Å². The molecule has 6 N–H and O–H groups in total. The number of nitrogens with one attached hydrogen (secondary N) is 2. The molecule has 6 aromatic heterocycles. The van der Waals surface area contributed by atoms with E-state index in [4.69, 9.17) is 49.0 Å². The van der Waals surface area contributed by atoms with Crippen LogP contribution in [0.3, 0.4) is 0 Å². The number of aliphatic imine (C=N–C) groups is 1. The molecule has 7 heterocycles. The van der Waals surface area contributed by atoms with E-state index in [0.29, 0.717) is 86.3 Å². The number of fused-ring (bicyclic) bond motifs is 4. The van der Waals surface area contributed by atoms with Gasteiger partial charge in [0.1, 0.15) is 63.4 Å². The van der Waals surface area contributed by atoms with Crippen molar-refractivity contribution in [1.82, 2.24) is 44.1 Å². The molecule has 37 heteroatoms. The van der Waals surface area contributed by atoms with E-state index in [0.717, 1.165) is 96.0 Å². The van der Waals surface area contributed by atoms with Crippen molar-refractivity contribution in [2.24, 2.45) is 4.99 Å². The molecular formula is C75H72Br2ClN17Na2O13S2. The van der Waals surface area contributed by atoms with E-state index in [1.165, 1.54) is 79.2 Å². The van der Waals surface area contributed by atoms with Crippen LogP contribution in [0.1, 0.15) is 80.8 Å². The summed E-state index contributed by atoms with van der Waals surface area (Å²) in [5.41, 5.74) is 29.2. The van der Waals surface area contributed by atoms with Gasteiger partial charge in [0, 0.05) is 76.2 Å². The van der Waals surface area contributed by atoms with Crippen LogP contribution in [0.2, 0.25) is 0 Å². The number of aryl methyl sites for hydroxylation is 8. The van der Waals surface area contributed by atoms with Gasteiger partial charge in [0.05, 0.1) is 42.7 Å². The molecule has 1 aliphatic heterocycles. The first-order valence-corrected chi connectivity index (χ1v) is 47.0. The Morgan fingerprint density at radius 1 is 0.491 bits per heavy atom. The van der Waals surface area contributed by atoms with Gasteiger partial charge in [-0.25, -0.2) is 15.0 Å². The monoisotopic (exact) mass is 1720 g/mol. The quantitative estimate of drug-likeness (QED) is 0.0258. The zero-order chi connectivity index (χ0) is 81.6. The summed E-state index contributed by atoms with van der Waals surface area (Å²) in [6.45, 7) is 18.7. The molecule has 8 aromatic carbocycles. The second-order valence-electron chi connectivity index (χ2n) is 24.5. The van der Waals surface area contributed by atoms with Crippen LogP contribution in [0.5, 0.6) is 0 Å². The Balaban J connectivity index is 0.000000173. The van der Waals surface area contributed by atoms with E-state index in [1.807, 2.05) is 191 Å². The molecule has 570 valence electrons. The number of non-ortho nitro benzene ring substituents is 2. The molecule has 0 saturated carbocycles. The van der Waals surface area contributed by atoms with Gasteiger partial charge >= 0.3 is 62.1 Å². The maximum atomic E-state index is 11.7. The maximum absolute atomic E-state index is 11.7. The summed E-state index contributed by atoms with van der Waals surface area (Å²) >= 11 is 15.0. The minimum absolute atomic E-state index is 0.0225. The van der Waals surface area contributed by atoms with E-state index < -0.39 is 33.3 Å². The van der Waals surface area contributed by atoms with Crippen LogP contribution < -0.4 is 22.1 Å². The summed E-state index contributed by atoms with van der Waals surface area (Å²) in [6.07, 6.45) is 2.12. The fourth-order valence-corrected chi connectivity index (χ4v) is 12.4. The van der Waals surface area contributed by atoms with Crippen molar-refractivity contribution < 1.29 is 45.2 Å². The van der Waals surface area contributed by atoms with Gasteiger partial charge in [-0.1, -0.05) is 169 Å². The Kier molecular flexibility index (Phi) is 32.2. The van der Waals surface area contributed by atoms with Crippen molar-refractivity contribution >= 4 is 201 Å². The van der Waals surface area contributed by atoms with Gasteiger partial charge in [0.15, 0.2) is 22.6 Å². The third-order valence-electron chi connectivity index (χ3n) is 16.6. The van der Waals surface area contributed by atoms with Gasteiger partial charge < -0.3 is 49.4 Å². The summed E-state index contributed by atoms with van der Waals surface area (Å²) in [5, 5.41) is 51.6. The van der Waals surface area contributed by atoms with Crippen LogP contribution in [0.15, 0.2) is 204 Å². The predicted octanol–water partition coefficient (Wildman–Crippen LogP) is 16.9. The van der Waals surface area contributed by atoms with Crippen molar-refractivity contribution in [2.45, 2.75) is 94.2 Å². The number of nitrogen functional groups attached to an aromatic ring is 2. The average Bonchev–Trinajstić information content (AvgIpc) is 1.63. The Morgan fingerprint density at radius 3 is 1.22 bits per heavy atom. The second kappa shape index (κ2) is 41.3. The van der Waals surface area contributed by atoms with Crippen molar-refractivity contribution in [3.63, 3.8) is 0 Å². The molecule has 1 aliphatic rings. The number of nitrogens with two attached hydrogens (primary N) is 2. The molecule has 0 unspecified atom stereocenters. The molecular weight excluding hydrogens is 1650 g/mol. The zero-order valence-electron chi connectivity index (χ0n) is 62.5. The normalized spacial score (nSPS) is 10.8. The number of nitro benzene ring substituents is 3. The van der Waals surface area contributed by atoms with E-state index in [1.54, 1.807) is 13.8 Å². The van der Waals surface area contributed by atoms with Crippen molar-refractivity contribution in [2.75, 3.05) is 22.1 Å². The third-order valence-corrected chi connectivity index (χ3v) is 18.7. The van der Waals surface area contributed by atoms with Gasteiger partial charge in [0.25, 0.3) is 17.1 Å². The molecule has 0 bridgehead atoms. The van der Waals surface area contributed by atoms with Crippen molar-refractivity contribution in [3.05, 3.63) is 289 Å². The number of nitro groups is 3. The average molecular weight is 1720 g/mol. The number of halogens is 3. The summed E-state index contributed by atoms with van der Waals surface area (Å²) in [4.78, 5) is 50.1. The van der Waals surface area contributed by atoms with E-state index in [2.05, 4.69) is 105 Å². The number of hydrogen-bond donors (Lipinski definition) is 4. The molecule has 14 aromatic rings. The Hall–Kier alpha value is -10.2. The third kappa shape index (κ3) is 23.4. The molecule has 30 nitrogen and oxygen atoms in total. The van der Waals surface area contributed by atoms with Crippen LogP contribution in [0.4, 0.5) is 56.9 Å². The standard InChI is InChI=1S/C20H19N5O3.C20H21N5O.C15H12BrN3O2.C9H7BrN2O2.C7H7Cl.C4H6N2O.2Na.O4S2/c1-12-19(13(2)28-23-12)22-16-9-17-20(18(10-16)25(26)27)21-14(3)24(17)11-15-7-5-4-6-8-15;1-12-19(13(2)26-24-12)23-16-9-17(21)20-18(10-16)25(14(3)22-20)11-15-7-5-4-6-8-15;1-10-17-15-13(7-12(16)8-14(15)19(20)21)18(10)9-11-5-3-2-4-6-11;1-5-2-6-3-7(10)4-8(12(13)14)9(6)11-5;8-6-7-4-2-1-3-5-7;1-3-4(5)2-7-6-3;;;1-5(2)6(3)4/h4-10,22H,11H2,1-3H3;4-10,23H,11,21H2,1-3H3;2-8H,9H2,1H3;3-4H,2H2,1H3;1-5H,6H2;2H,5H2,1H3;;;. The summed E-state index contributed by atoms with van der Waals surface area (Å²) < 4.78 is 58.8. The molecule has 0 saturated heterocycles. The van der Waals surface area contributed by atoms with Gasteiger partial charge in [-0.2, -0.15) is 16.8 Å². The number of alkyl halides is 1. The Morgan fingerprint density at radius 2 is 0.866 bits per heavy atom. The first kappa shape index (κ1) is 87.3. The number of anilines is 6. The topological polar surface area (TPSA) is 418 Å². The second-order valence-corrected chi connectivity index (χ2v) is 29.1. The van der Waals surface area contributed by atoms with Crippen LogP contribution in [0.25, 0.3) is 33.1 Å². The molecule has 0 fully saturated rings. The summed E-state index contributed by atoms with van der Waals surface area (Å²) in [7, 11) is -5.90. The van der Waals surface area contributed by atoms with E-state index in [-0.39, 0.29) is 17.1 Å².